The van der Waals surface area contributed by atoms with Crippen molar-refractivity contribution in [2.45, 2.75) is 13.0 Å². The van der Waals surface area contributed by atoms with Gasteiger partial charge in [0.15, 0.2) is 11.5 Å². The van der Waals surface area contributed by atoms with E-state index in [1.165, 1.54) is 0 Å². The van der Waals surface area contributed by atoms with Crippen LogP contribution in [0.2, 0.25) is 0 Å². The van der Waals surface area contributed by atoms with Crippen molar-refractivity contribution in [3.63, 3.8) is 0 Å². The molecule has 0 fully saturated rings. The van der Waals surface area contributed by atoms with Gasteiger partial charge in [-0.15, -0.1) is 0 Å². The second kappa shape index (κ2) is 5.76. The summed E-state index contributed by atoms with van der Waals surface area (Å²) in [6.07, 6.45) is -0.666. The standard InChI is InChI=1S/C16H18O3/c1-11-6-4-5-7-13(11)16(17)12-8-9-14(18-2)15(10-12)19-3/h4-10,16-17H,1-3H3/t16-/m1/s1. The van der Waals surface area contributed by atoms with Crippen LogP contribution in [0.15, 0.2) is 42.5 Å². The zero-order chi connectivity index (χ0) is 13.8. The van der Waals surface area contributed by atoms with Gasteiger partial charge in [0.2, 0.25) is 0 Å². The van der Waals surface area contributed by atoms with Gasteiger partial charge in [0, 0.05) is 0 Å². The number of methoxy groups -OCH3 is 2. The molecule has 0 aliphatic rings. The van der Waals surface area contributed by atoms with E-state index in [1.807, 2.05) is 37.3 Å². The highest BCUT2D eigenvalue weighted by molar-refractivity contribution is 5.46. The van der Waals surface area contributed by atoms with Gasteiger partial charge < -0.3 is 14.6 Å². The molecule has 0 heterocycles. The quantitative estimate of drug-likeness (QED) is 0.915. The van der Waals surface area contributed by atoms with E-state index < -0.39 is 6.10 Å². The summed E-state index contributed by atoms with van der Waals surface area (Å²) in [7, 11) is 3.18. The van der Waals surface area contributed by atoms with Gasteiger partial charge in [0.1, 0.15) is 6.10 Å². The van der Waals surface area contributed by atoms with Gasteiger partial charge in [-0.3, -0.25) is 0 Å². The first-order valence-electron chi connectivity index (χ1n) is 6.13. The van der Waals surface area contributed by atoms with E-state index in [0.717, 1.165) is 16.7 Å². The van der Waals surface area contributed by atoms with Gasteiger partial charge >= 0.3 is 0 Å². The largest absolute Gasteiger partial charge is 0.493 e. The Balaban J connectivity index is 2.39. The molecule has 3 nitrogen and oxygen atoms in total. The first-order valence-corrected chi connectivity index (χ1v) is 6.13. The molecule has 19 heavy (non-hydrogen) atoms. The summed E-state index contributed by atoms with van der Waals surface area (Å²) >= 11 is 0. The summed E-state index contributed by atoms with van der Waals surface area (Å²) in [6, 6.07) is 13.2. The van der Waals surface area contributed by atoms with E-state index in [9.17, 15) is 5.11 Å². The molecule has 3 heteroatoms. The smallest absolute Gasteiger partial charge is 0.161 e. The summed E-state index contributed by atoms with van der Waals surface area (Å²) in [6.45, 7) is 1.99. The molecule has 2 rings (SSSR count). The Bertz CT molecular complexity index is 564. The number of aliphatic hydroxyl groups is 1. The molecule has 0 unspecified atom stereocenters. The number of aryl methyl sites for hydroxylation is 1. The lowest BCUT2D eigenvalue weighted by Crippen LogP contribution is -2.02. The maximum Gasteiger partial charge on any atom is 0.161 e. The van der Waals surface area contributed by atoms with Crippen molar-refractivity contribution >= 4 is 0 Å². The molecule has 0 radical (unpaired) electrons. The first-order chi connectivity index (χ1) is 9.17. The highest BCUT2D eigenvalue weighted by Gasteiger charge is 2.15. The van der Waals surface area contributed by atoms with Crippen LogP contribution in [-0.2, 0) is 0 Å². The molecule has 0 aliphatic carbocycles. The third-order valence-corrected chi connectivity index (χ3v) is 3.21. The average Bonchev–Trinajstić information content (AvgIpc) is 2.46. The average molecular weight is 258 g/mol. The van der Waals surface area contributed by atoms with Gasteiger partial charge in [0.05, 0.1) is 14.2 Å². The Morgan fingerprint density at radius 3 is 2.26 bits per heavy atom. The van der Waals surface area contributed by atoms with Crippen LogP contribution in [0.4, 0.5) is 0 Å². The second-order valence-electron chi connectivity index (χ2n) is 4.37. The number of benzene rings is 2. The molecule has 100 valence electrons. The van der Waals surface area contributed by atoms with Crippen molar-refractivity contribution in [3.05, 3.63) is 59.2 Å². The lowest BCUT2D eigenvalue weighted by atomic mass is 9.97. The lowest BCUT2D eigenvalue weighted by molar-refractivity contribution is 0.218. The Hall–Kier alpha value is -2.00. The molecule has 0 bridgehead atoms. The molecule has 0 saturated heterocycles. The first kappa shape index (κ1) is 13.4. The third kappa shape index (κ3) is 2.71. The van der Waals surface area contributed by atoms with Crippen molar-refractivity contribution in [2.75, 3.05) is 14.2 Å². The maximum atomic E-state index is 10.5. The lowest BCUT2D eigenvalue weighted by Gasteiger charge is -2.16. The minimum absolute atomic E-state index is 0.618. The summed E-state index contributed by atoms with van der Waals surface area (Å²) in [4.78, 5) is 0. The normalized spacial score (nSPS) is 12.0. The van der Waals surface area contributed by atoms with Crippen LogP contribution in [0.25, 0.3) is 0 Å². The number of hydrogen-bond donors (Lipinski definition) is 1. The zero-order valence-corrected chi connectivity index (χ0v) is 11.4. The fourth-order valence-electron chi connectivity index (χ4n) is 2.10. The van der Waals surface area contributed by atoms with Gasteiger partial charge in [-0.1, -0.05) is 30.3 Å². The van der Waals surface area contributed by atoms with Crippen LogP contribution < -0.4 is 9.47 Å². The fourth-order valence-corrected chi connectivity index (χ4v) is 2.10. The Morgan fingerprint density at radius 1 is 0.947 bits per heavy atom. The van der Waals surface area contributed by atoms with E-state index in [1.54, 1.807) is 26.4 Å². The number of aliphatic hydroxyl groups excluding tert-OH is 1. The predicted octanol–water partition coefficient (Wildman–Crippen LogP) is 3.09. The zero-order valence-electron chi connectivity index (χ0n) is 11.4. The number of ether oxygens (including phenoxy) is 2. The van der Waals surface area contributed by atoms with E-state index in [0.29, 0.717) is 11.5 Å². The molecule has 0 spiro atoms. The Labute approximate surface area is 113 Å². The molecular formula is C16H18O3. The summed E-state index contributed by atoms with van der Waals surface area (Å²) in [5, 5.41) is 10.5. The third-order valence-electron chi connectivity index (χ3n) is 3.21. The van der Waals surface area contributed by atoms with E-state index in [2.05, 4.69) is 0 Å². The van der Waals surface area contributed by atoms with Crippen molar-refractivity contribution in [2.24, 2.45) is 0 Å². The van der Waals surface area contributed by atoms with Gasteiger partial charge in [-0.2, -0.15) is 0 Å². The molecule has 1 atom stereocenters. The summed E-state index contributed by atoms with van der Waals surface area (Å²) in [5.74, 6) is 1.27. The van der Waals surface area contributed by atoms with E-state index in [-0.39, 0.29) is 0 Å². The van der Waals surface area contributed by atoms with Crippen LogP contribution in [0.1, 0.15) is 22.8 Å². The van der Waals surface area contributed by atoms with Crippen molar-refractivity contribution in [1.82, 2.24) is 0 Å². The molecule has 2 aromatic carbocycles. The number of hydrogen-bond acceptors (Lipinski definition) is 3. The topological polar surface area (TPSA) is 38.7 Å². The van der Waals surface area contributed by atoms with Crippen molar-refractivity contribution in [3.8, 4) is 11.5 Å². The van der Waals surface area contributed by atoms with Gasteiger partial charge in [-0.25, -0.2) is 0 Å². The monoisotopic (exact) mass is 258 g/mol. The summed E-state index contributed by atoms with van der Waals surface area (Å²) in [5.41, 5.74) is 2.74. The van der Waals surface area contributed by atoms with Crippen LogP contribution >= 0.6 is 0 Å². The fraction of sp³-hybridized carbons (Fsp3) is 0.250. The number of rotatable bonds is 4. The Kier molecular flexibility index (Phi) is 4.07. The van der Waals surface area contributed by atoms with Crippen LogP contribution in [0, 0.1) is 6.92 Å². The molecular weight excluding hydrogens is 240 g/mol. The maximum absolute atomic E-state index is 10.5. The van der Waals surface area contributed by atoms with Gasteiger partial charge in [0.25, 0.3) is 0 Å². The molecule has 0 amide bonds. The van der Waals surface area contributed by atoms with Crippen LogP contribution in [-0.4, -0.2) is 19.3 Å². The molecule has 0 saturated carbocycles. The summed E-state index contributed by atoms with van der Waals surface area (Å²) < 4.78 is 10.5. The van der Waals surface area contributed by atoms with E-state index in [4.69, 9.17) is 9.47 Å². The Morgan fingerprint density at radius 2 is 1.63 bits per heavy atom. The van der Waals surface area contributed by atoms with Gasteiger partial charge in [-0.05, 0) is 35.7 Å². The van der Waals surface area contributed by atoms with E-state index >= 15 is 0 Å². The molecule has 2 aromatic rings. The highest BCUT2D eigenvalue weighted by atomic mass is 16.5. The second-order valence-corrected chi connectivity index (χ2v) is 4.37. The SMILES string of the molecule is COc1ccc([C@@H](O)c2ccccc2C)cc1OC. The van der Waals surface area contributed by atoms with Crippen molar-refractivity contribution in [1.29, 1.82) is 0 Å². The molecule has 0 aliphatic heterocycles. The van der Waals surface area contributed by atoms with Crippen molar-refractivity contribution < 1.29 is 14.6 Å². The minimum Gasteiger partial charge on any atom is -0.493 e. The molecule has 1 N–H and O–H groups in total. The van der Waals surface area contributed by atoms with Crippen LogP contribution in [0.5, 0.6) is 11.5 Å². The predicted molar refractivity (Wildman–Crippen MR) is 74.8 cm³/mol. The highest BCUT2D eigenvalue weighted by Crippen LogP contribution is 2.32. The van der Waals surface area contributed by atoms with Crippen LogP contribution in [0.3, 0.4) is 0 Å². The minimum atomic E-state index is -0.666. The molecule has 0 aromatic heterocycles.